The van der Waals surface area contributed by atoms with Crippen LogP contribution in [0.5, 0.6) is 5.75 Å². The minimum Gasteiger partial charge on any atom is -0.483 e. The van der Waals surface area contributed by atoms with Crippen LogP contribution in [0.15, 0.2) is 54.6 Å². The summed E-state index contributed by atoms with van der Waals surface area (Å²) in [6, 6.07) is 17.6. The second kappa shape index (κ2) is 6.44. The number of carbonyl (C=O) groups excluding carboxylic acids is 1. The average molecular weight is 284 g/mol. The molecule has 0 amide bonds. The molecule has 0 aliphatic carbocycles. The van der Waals surface area contributed by atoms with Gasteiger partial charge in [0.1, 0.15) is 11.4 Å². The molecular formula is C18H20O3. The molecular weight excluding hydrogens is 264 g/mol. The first-order valence-corrected chi connectivity index (χ1v) is 6.92. The van der Waals surface area contributed by atoms with E-state index in [1.54, 1.807) is 0 Å². The zero-order chi connectivity index (χ0) is 15.3. The molecule has 0 saturated carbocycles. The van der Waals surface area contributed by atoms with Crippen LogP contribution in [-0.4, -0.2) is 13.1 Å². The van der Waals surface area contributed by atoms with Crippen LogP contribution in [0.4, 0.5) is 0 Å². The van der Waals surface area contributed by atoms with Gasteiger partial charge >= 0.3 is 5.97 Å². The van der Waals surface area contributed by atoms with E-state index in [2.05, 4.69) is 0 Å². The maximum atomic E-state index is 11.5. The summed E-state index contributed by atoms with van der Waals surface area (Å²) in [5.41, 5.74) is 1.43. The molecule has 0 fully saturated rings. The molecule has 0 aliphatic heterocycles. The van der Waals surface area contributed by atoms with Gasteiger partial charge in [0.25, 0.3) is 0 Å². The van der Waals surface area contributed by atoms with Gasteiger partial charge in [0, 0.05) is 5.56 Å². The number of hydrogen-bond donors (Lipinski definition) is 0. The summed E-state index contributed by atoms with van der Waals surface area (Å²) in [5, 5.41) is 0. The Kier molecular flexibility index (Phi) is 4.63. The Morgan fingerprint density at radius 1 is 1.00 bits per heavy atom. The fourth-order valence-electron chi connectivity index (χ4n) is 2.15. The van der Waals surface area contributed by atoms with E-state index in [0.29, 0.717) is 5.75 Å². The SMILES string of the molecule is COC(=O)Cc1ccccc1OC(C)(C)c1ccccc1. The third-order valence-electron chi connectivity index (χ3n) is 3.37. The van der Waals surface area contributed by atoms with Crippen LogP contribution < -0.4 is 4.74 Å². The first kappa shape index (κ1) is 15.1. The monoisotopic (exact) mass is 284 g/mol. The van der Waals surface area contributed by atoms with E-state index in [-0.39, 0.29) is 12.4 Å². The van der Waals surface area contributed by atoms with Gasteiger partial charge in [0.2, 0.25) is 0 Å². The molecule has 0 unspecified atom stereocenters. The lowest BCUT2D eigenvalue weighted by Crippen LogP contribution is -2.26. The van der Waals surface area contributed by atoms with E-state index in [4.69, 9.17) is 9.47 Å². The van der Waals surface area contributed by atoms with Crippen LogP contribution in [0, 0.1) is 0 Å². The van der Waals surface area contributed by atoms with E-state index in [1.165, 1.54) is 7.11 Å². The second-order valence-electron chi connectivity index (χ2n) is 5.34. The Bertz CT molecular complexity index is 603. The van der Waals surface area contributed by atoms with Crippen molar-refractivity contribution in [2.45, 2.75) is 25.9 Å². The predicted octanol–water partition coefficient (Wildman–Crippen LogP) is 3.72. The number of para-hydroxylation sites is 1. The lowest BCUT2D eigenvalue weighted by molar-refractivity contribution is -0.139. The Labute approximate surface area is 125 Å². The van der Waals surface area contributed by atoms with Crippen LogP contribution in [0.1, 0.15) is 25.0 Å². The first-order chi connectivity index (χ1) is 10.0. The summed E-state index contributed by atoms with van der Waals surface area (Å²) in [4.78, 5) is 11.5. The van der Waals surface area contributed by atoms with Crippen molar-refractivity contribution in [2.75, 3.05) is 7.11 Å². The molecule has 0 spiro atoms. The quantitative estimate of drug-likeness (QED) is 0.785. The van der Waals surface area contributed by atoms with E-state index >= 15 is 0 Å². The van der Waals surface area contributed by atoms with Crippen molar-refractivity contribution in [3.8, 4) is 5.75 Å². The van der Waals surface area contributed by atoms with Gasteiger partial charge in [0.15, 0.2) is 0 Å². The number of esters is 1. The molecule has 21 heavy (non-hydrogen) atoms. The molecule has 2 aromatic rings. The molecule has 0 radical (unpaired) electrons. The second-order valence-corrected chi connectivity index (χ2v) is 5.34. The van der Waals surface area contributed by atoms with E-state index < -0.39 is 5.60 Å². The van der Waals surface area contributed by atoms with Gasteiger partial charge < -0.3 is 9.47 Å². The minimum atomic E-state index is -0.479. The smallest absolute Gasteiger partial charge is 0.310 e. The molecule has 0 aromatic heterocycles. The van der Waals surface area contributed by atoms with E-state index in [0.717, 1.165) is 11.1 Å². The average Bonchev–Trinajstić information content (AvgIpc) is 2.50. The first-order valence-electron chi connectivity index (χ1n) is 6.92. The van der Waals surface area contributed by atoms with Crippen molar-refractivity contribution in [2.24, 2.45) is 0 Å². The number of rotatable bonds is 5. The van der Waals surface area contributed by atoms with E-state index in [9.17, 15) is 4.79 Å². The van der Waals surface area contributed by atoms with Crippen molar-refractivity contribution >= 4 is 5.97 Å². The highest BCUT2D eigenvalue weighted by atomic mass is 16.5. The van der Waals surface area contributed by atoms with Crippen molar-refractivity contribution in [3.05, 3.63) is 65.7 Å². The molecule has 0 heterocycles. The normalized spacial score (nSPS) is 11.0. The highest BCUT2D eigenvalue weighted by molar-refractivity contribution is 5.73. The maximum Gasteiger partial charge on any atom is 0.310 e. The van der Waals surface area contributed by atoms with Crippen LogP contribution in [0.2, 0.25) is 0 Å². The summed E-state index contributed by atoms with van der Waals surface area (Å²) >= 11 is 0. The number of hydrogen-bond acceptors (Lipinski definition) is 3. The molecule has 0 saturated heterocycles. The van der Waals surface area contributed by atoms with Gasteiger partial charge in [-0.3, -0.25) is 4.79 Å². The Morgan fingerprint density at radius 3 is 2.29 bits per heavy atom. The topological polar surface area (TPSA) is 35.5 Å². The fourth-order valence-corrected chi connectivity index (χ4v) is 2.15. The van der Waals surface area contributed by atoms with Crippen LogP contribution in [0.25, 0.3) is 0 Å². The molecule has 0 atom stereocenters. The van der Waals surface area contributed by atoms with Gasteiger partial charge in [-0.25, -0.2) is 0 Å². The summed E-state index contributed by atoms with van der Waals surface area (Å²) in [6.07, 6.45) is 0.206. The minimum absolute atomic E-state index is 0.206. The number of methoxy groups -OCH3 is 1. The van der Waals surface area contributed by atoms with Gasteiger partial charge in [-0.15, -0.1) is 0 Å². The van der Waals surface area contributed by atoms with Crippen LogP contribution >= 0.6 is 0 Å². The molecule has 0 bridgehead atoms. The Balaban J connectivity index is 2.25. The number of carbonyl (C=O) groups is 1. The molecule has 3 nitrogen and oxygen atoms in total. The summed E-state index contributed by atoms with van der Waals surface area (Å²) in [6.45, 7) is 4.02. The maximum absolute atomic E-state index is 11.5. The molecule has 2 aromatic carbocycles. The molecule has 110 valence electrons. The van der Waals surface area contributed by atoms with Crippen molar-refractivity contribution in [1.82, 2.24) is 0 Å². The highest BCUT2D eigenvalue weighted by Crippen LogP contribution is 2.30. The van der Waals surface area contributed by atoms with Gasteiger partial charge in [-0.2, -0.15) is 0 Å². The molecule has 2 rings (SSSR count). The van der Waals surface area contributed by atoms with Crippen LogP contribution in [-0.2, 0) is 21.6 Å². The summed E-state index contributed by atoms with van der Waals surface area (Å²) in [7, 11) is 1.39. The van der Waals surface area contributed by atoms with Crippen molar-refractivity contribution in [3.63, 3.8) is 0 Å². The number of benzene rings is 2. The molecule has 0 N–H and O–H groups in total. The van der Waals surface area contributed by atoms with Crippen molar-refractivity contribution < 1.29 is 14.3 Å². The predicted molar refractivity (Wildman–Crippen MR) is 82.3 cm³/mol. The third-order valence-corrected chi connectivity index (χ3v) is 3.37. The summed E-state index contributed by atoms with van der Waals surface area (Å²) < 4.78 is 10.9. The Hall–Kier alpha value is -2.29. The van der Waals surface area contributed by atoms with E-state index in [1.807, 2.05) is 68.4 Å². The van der Waals surface area contributed by atoms with Gasteiger partial charge in [-0.05, 0) is 25.5 Å². The fraction of sp³-hybridized carbons (Fsp3) is 0.278. The standard InChI is InChI=1S/C18H20O3/c1-18(2,15-10-5-4-6-11-15)21-16-12-8-7-9-14(16)13-17(19)20-3/h4-12H,13H2,1-3H3. The Morgan fingerprint density at radius 2 is 1.62 bits per heavy atom. The molecule has 3 heteroatoms. The lowest BCUT2D eigenvalue weighted by Gasteiger charge is -2.28. The summed E-state index contributed by atoms with van der Waals surface area (Å²) in [5.74, 6) is 0.431. The van der Waals surface area contributed by atoms with Crippen molar-refractivity contribution in [1.29, 1.82) is 0 Å². The zero-order valence-electron chi connectivity index (χ0n) is 12.6. The largest absolute Gasteiger partial charge is 0.483 e. The van der Waals surface area contributed by atoms with Gasteiger partial charge in [-0.1, -0.05) is 48.5 Å². The third kappa shape index (κ3) is 3.85. The highest BCUT2D eigenvalue weighted by Gasteiger charge is 2.23. The van der Waals surface area contributed by atoms with Crippen LogP contribution in [0.3, 0.4) is 0 Å². The number of ether oxygens (including phenoxy) is 2. The van der Waals surface area contributed by atoms with Gasteiger partial charge in [0.05, 0.1) is 13.5 Å². The zero-order valence-corrected chi connectivity index (χ0v) is 12.6. The molecule has 0 aliphatic rings. The lowest BCUT2D eigenvalue weighted by atomic mass is 9.98.